The highest BCUT2D eigenvalue weighted by molar-refractivity contribution is 5.93. The molecule has 0 saturated carbocycles. The second kappa shape index (κ2) is 8.37. The first-order valence-corrected chi connectivity index (χ1v) is 8.55. The summed E-state index contributed by atoms with van der Waals surface area (Å²) in [5.41, 5.74) is 3.98. The number of hydrogen-bond acceptors (Lipinski definition) is 5. The Hall–Kier alpha value is -3.32. The van der Waals surface area contributed by atoms with E-state index in [1.165, 1.54) is 6.07 Å². The minimum Gasteiger partial charge on any atom is -0.325 e. The van der Waals surface area contributed by atoms with E-state index in [1.54, 1.807) is 18.5 Å². The lowest BCUT2D eigenvalue weighted by Gasteiger charge is -2.17. The molecule has 0 aliphatic rings. The molecule has 0 spiro atoms. The van der Waals surface area contributed by atoms with Gasteiger partial charge in [0.25, 0.3) is 5.56 Å². The largest absolute Gasteiger partial charge is 0.325 e. The van der Waals surface area contributed by atoms with Crippen molar-refractivity contribution in [3.8, 4) is 11.3 Å². The predicted molar refractivity (Wildman–Crippen MR) is 104 cm³/mol. The Morgan fingerprint density at radius 3 is 2.63 bits per heavy atom. The van der Waals surface area contributed by atoms with Gasteiger partial charge in [0, 0.05) is 36.3 Å². The molecule has 1 aromatic carbocycles. The van der Waals surface area contributed by atoms with Crippen LogP contribution in [-0.2, 0) is 11.3 Å². The molecule has 0 atom stereocenters. The van der Waals surface area contributed by atoms with Crippen LogP contribution in [0.1, 0.15) is 11.1 Å². The smallest absolute Gasteiger partial charge is 0.264 e. The van der Waals surface area contributed by atoms with Crippen LogP contribution in [0, 0.1) is 6.92 Å². The number of amides is 1. The Morgan fingerprint density at radius 2 is 1.93 bits per heavy atom. The number of aryl methyl sites for hydroxylation is 1. The molecule has 27 heavy (non-hydrogen) atoms. The summed E-state index contributed by atoms with van der Waals surface area (Å²) in [6.07, 6.45) is 3.48. The Labute approximate surface area is 157 Å². The van der Waals surface area contributed by atoms with Crippen molar-refractivity contribution in [1.29, 1.82) is 0 Å². The lowest BCUT2D eigenvalue weighted by Crippen LogP contribution is -2.30. The average Bonchev–Trinajstić information content (AvgIpc) is 2.65. The molecule has 1 amide bonds. The van der Waals surface area contributed by atoms with E-state index in [0.29, 0.717) is 12.2 Å². The molecule has 2 N–H and O–H groups in total. The van der Waals surface area contributed by atoms with Gasteiger partial charge in [-0.2, -0.15) is 5.10 Å². The van der Waals surface area contributed by atoms with Crippen LogP contribution in [0.4, 0.5) is 5.69 Å². The van der Waals surface area contributed by atoms with Crippen molar-refractivity contribution < 1.29 is 4.79 Å². The van der Waals surface area contributed by atoms with Crippen molar-refractivity contribution in [1.82, 2.24) is 20.1 Å². The summed E-state index contributed by atoms with van der Waals surface area (Å²) in [6.45, 7) is 2.86. The monoisotopic (exact) mass is 363 g/mol. The van der Waals surface area contributed by atoms with Crippen LogP contribution in [0.2, 0.25) is 0 Å². The summed E-state index contributed by atoms with van der Waals surface area (Å²) in [6, 6.07) is 12.6. The molecule has 2 aromatic heterocycles. The maximum atomic E-state index is 12.4. The number of carbonyl (C=O) groups is 1. The molecule has 0 fully saturated rings. The fraction of sp³-hybridized carbons (Fsp3) is 0.200. The van der Waals surface area contributed by atoms with Gasteiger partial charge in [-0.25, -0.2) is 5.10 Å². The number of nitrogens with zero attached hydrogens (tertiary/aromatic N) is 3. The van der Waals surface area contributed by atoms with Gasteiger partial charge < -0.3 is 5.32 Å². The maximum absolute atomic E-state index is 12.4. The molecule has 3 aromatic rings. The molecule has 3 rings (SSSR count). The Kier molecular flexibility index (Phi) is 5.73. The lowest BCUT2D eigenvalue weighted by molar-refractivity contribution is -0.117. The zero-order valence-electron chi connectivity index (χ0n) is 15.3. The maximum Gasteiger partial charge on any atom is 0.264 e. The van der Waals surface area contributed by atoms with E-state index in [1.807, 2.05) is 49.2 Å². The topological polar surface area (TPSA) is 91.0 Å². The van der Waals surface area contributed by atoms with E-state index >= 15 is 0 Å². The fourth-order valence-corrected chi connectivity index (χ4v) is 2.71. The fourth-order valence-electron chi connectivity index (χ4n) is 2.71. The van der Waals surface area contributed by atoms with Crippen LogP contribution in [0.5, 0.6) is 0 Å². The first-order chi connectivity index (χ1) is 13.0. The molecule has 7 heteroatoms. The zero-order valence-corrected chi connectivity index (χ0v) is 15.3. The summed E-state index contributed by atoms with van der Waals surface area (Å²) in [4.78, 5) is 29.5. The van der Waals surface area contributed by atoms with Gasteiger partial charge in [-0.15, -0.1) is 0 Å². The number of carbonyl (C=O) groups excluding carboxylic acids is 1. The highest BCUT2D eigenvalue weighted by Gasteiger charge is 2.10. The number of aromatic nitrogens is 3. The molecule has 2 heterocycles. The van der Waals surface area contributed by atoms with E-state index in [-0.39, 0.29) is 18.0 Å². The van der Waals surface area contributed by atoms with E-state index in [2.05, 4.69) is 20.5 Å². The third-order valence-electron chi connectivity index (χ3n) is 4.10. The van der Waals surface area contributed by atoms with Crippen molar-refractivity contribution >= 4 is 11.6 Å². The highest BCUT2D eigenvalue weighted by Crippen LogP contribution is 2.23. The summed E-state index contributed by atoms with van der Waals surface area (Å²) >= 11 is 0. The van der Waals surface area contributed by atoms with Crippen LogP contribution in [-0.4, -0.2) is 39.6 Å². The minimum atomic E-state index is -0.253. The molecule has 0 aliphatic heterocycles. The number of benzene rings is 1. The Bertz CT molecular complexity index is 965. The normalized spacial score (nSPS) is 10.8. The molecule has 7 nitrogen and oxygen atoms in total. The minimum absolute atomic E-state index is 0.0961. The molecule has 0 bridgehead atoms. The van der Waals surface area contributed by atoms with Gasteiger partial charge in [0.05, 0.1) is 12.2 Å². The third-order valence-corrected chi connectivity index (χ3v) is 4.10. The number of aromatic amines is 1. The van der Waals surface area contributed by atoms with Crippen LogP contribution in [0.3, 0.4) is 0 Å². The van der Waals surface area contributed by atoms with Crippen molar-refractivity contribution in [2.75, 3.05) is 18.9 Å². The third kappa shape index (κ3) is 5.08. The SMILES string of the molecule is Cc1ccc(-c2ccc(=O)[nH]n2)cc1NC(=O)CN(C)Cc1ccncc1. The average molecular weight is 363 g/mol. The molecular formula is C20H21N5O2. The van der Waals surface area contributed by atoms with Gasteiger partial charge in [-0.3, -0.25) is 19.5 Å². The Balaban J connectivity index is 1.67. The van der Waals surface area contributed by atoms with E-state index < -0.39 is 0 Å². The summed E-state index contributed by atoms with van der Waals surface area (Å²) in [5.74, 6) is -0.0961. The molecule has 138 valence electrons. The highest BCUT2D eigenvalue weighted by atomic mass is 16.2. The molecule has 0 aliphatic carbocycles. The van der Waals surface area contributed by atoms with Crippen molar-refractivity contribution in [3.63, 3.8) is 0 Å². The molecule has 0 radical (unpaired) electrons. The van der Waals surface area contributed by atoms with E-state index in [4.69, 9.17) is 0 Å². The first-order valence-electron chi connectivity index (χ1n) is 8.55. The second-order valence-corrected chi connectivity index (χ2v) is 6.41. The van der Waals surface area contributed by atoms with Gasteiger partial charge >= 0.3 is 0 Å². The summed E-state index contributed by atoms with van der Waals surface area (Å²) < 4.78 is 0. The summed E-state index contributed by atoms with van der Waals surface area (Å²) in [7, 11) is 1.90. The zero-order chi connectivity index (χ0) is 19.2. The standard InChI is InChI=1S/C20H21N5O2/c1-14-3-4-16(17-5-6-19(26)24-23-17)11-18(14)22-20(27)13-25(2)12-15-7-9-21-10-8-15/h3-11H,12-13H2,1-2H3,(H,22,27)(H,24,26). The van der Waals surface area contributed by atoms with Gasteiger partial charge in [-0.1, -0.05) is 12.1 Å². The number of nitrogens with one attached hydrogen (secondary N) is 2. The predicted octanol–water partition coefficient (Wildman–Crippen LogP) is 2.21. The van der Waals surface area contributed by atoms with Gasteiger partial charge in [0.15, 0.2) is 0 Å². The van der Waals surface area contributed by atoms with Crippen molar-refractivity contribution in [3.05, 3.63) is 76.3 Å². The van der Waals surface area contributed by atoms with Crippen molar-refractivity contribution in [2.45, 2.75) is 13.5 Å². The van der Waals surface area contributed by atoms with E-state index in [9.17, 15) is 9.59 Å². The number of H-pyrrole nitrogens is 1. The number of likely N-dealkylation sites (N-methyl/N-ethyl adjacent to an activating group) is 1. The van der Waals surface area contributed by atoms with Gasteiger partial charge in [0.1, 0.15) is 0 Å². The van der Waals surface area contributed by atoms with Gasteiger partial charge in [0.2, 0.25) is 5.91 Å². The number of anilines is 1. The molecule has 0 saturated heterocycles. The molecular weight excluding hydrogens is 342 g/mol. The van der Waals surface area contributed by atoms with Crippen molar-refractivity contribution in [2.24, 2.45) is 0 Å². The van der Waals surface area contributed by atoms with E-state index in [0.717, 1.165) is 22.4 Å². The number of hydrogen-bond donors (Lipinski definition) is 2. The quantitative estimate of drug-likeness (QED) is 0.701. The van der Waals surface area contributed by atoms with Crippen LogP contribution < -0.4 is 10.9 Å². The van der Waals surface area contributed by atoms with Crippen LogP contribution >= 0.6 is 0 Å². The first kappa shape index (κ1) is 18.5. The summed E-state index contributed by atoms with van der Waals surface area (Å²) in [5, 5.41) is 9.40. The molecule has 0 unspecified atom stereocenters. The Morgan fingerprint density at radius 1 is 1.15 bits per heavy atom. The van der Waals surface area contributed by atoms with Crippen LogP contribution in [0.25, 0.3) is 11.3 Å². The van der Waals surface area contributed by atoms with Gasteiger partial charge in [-0.05, 0) is 49.4 Å². The number of rotatable bonds is 6. The second-order valence-electron chi connectivity index (χ2n) is 6.41. The lowest BCUT2D eigenvalue weighted by atomic mass is 10.1. The van der Waals surface area contributed by atoms with Crippen LogP contribution in [0.15, 0.2) is 59.7 Å². The number of pyridine rings is 1.